The number of nitrogens with one attached hydrogen (secondary N) is 1. The summed E-state index contributed by atoms with van der Waals surface area (Å²) in [5, 5.41) is 7.58. The fraction of sp³-hybridized carbons (Fsp3) is 0.133. The van der Waals surface area contributed by atoms with Crippen LogP contribution in [0.1, 0.15) is 11.1 Å². The smallest absolute Gasteiger partial charge is 0.134 e. The van der Waals surface area contributed by atoms with E-state index in [1.165, 1.54) is 0 Å². The molecule has 0 bridgehead atoms. The standard InChI is InChI=1S/C15H15BrN2O2/c1-19-11-6-7-12(15(17)18)14(8-11)20-9-10-4-2-3-5-13(10)16/h2-8H,9H2,1H3,(H3,17,18). The van der Waals surface area contributed by atoms with Crippen molar-refractivity contribution in [2.45, 2.75) is 6.61 Å². The van der Waals surface area contributed by atoms with Crippen LogP contribution in [0.3, 0.4) is 0 Å². The lowest BCUT2D eigenvalue weighted by atomic mass is 10.1. The first-order valence-corrected chi connectivity index (χ1v) is 6.79. The molecule has 2 aromatic carbocycles. The maximum atomic E-state index is 7.58. The van der Waals surface area contributed by atoms with Gasteiger partial charge in [-0.3, -0.25) is 5.41 Å². The van der Waals surface area contributed by atoms with E-state index in [2.05, 4.69) is 15.9 Å². The number of halogens is 1. The summed E-state index contributed by atoms with van der Waals surface area (Å²) in [5.74, 6) is 1.17. The van der Waals surface area contributed by atoms with Gasteiger partial charge in [-0.2, -0.15) is 0 Å². The Bertz CT molecular complexity index is 629. The molecule has 0 fully saturated rings. The van der Waals surface area contributed by atoms with Gasteiger partial charge in [0.05, 0.1) is 12.7 Å². The Balaban J connectivity index is 2.24. The van der Waals surface area contributed by atoms with Crippen molar-refractivity contribution in [3.05, 3.63) is 58.1 Å². The van der Waals surface area contributed by atoms with E-state index in [4.69, 9.17) is 20.6 Å². The number of hydrogen-bond acceptors (Lipinski definition) is 3. The molecule has 0 amide bonds. The highest BCUT2D eigenvalue weighted by Crippen LogP contribution is 2.26. The highest BCUT2D eigenvalue weighted by atomic mass is 79.9. The summed E-state index contributed by atoms with van der Waals surface area (Å²) >= 11 is 3.47. The Kier molecular flexibility index (Phi) is 4.63. The molecule has 5 heteroatoms. The Morgan fingerprint density at radius 1 is 1.25 bits per heavy atom. The molecule has 2 aromatic rings. The molecule has 0 saturated heterocycles. The third-order valence-corrected chi connectivity index (χ3v) is 3.59. The van der Waals surface area contributed by atoms with E-state index in [1.54, 1.807) is 25.3 Å². The minimum absolute atomic E-state index is 0.0326. The number of methoxy groups -OCH3 is 1. The average Bonchev–Trinajstić information content (AvgIpc) is 2.46. The van der Waals surface area contributed by atoms with Crippen LogP contribution in [0.15, 0.2) is 46.9 Å². The van der Waals surface area contributed by atoms with Crippen LogP contribution in [0.4, 0.5) is 0 Å². The minimum atomic E-state index is -0.0326. The first-order chi connectivity index (χ1) is 9.61. The third-order valence-electron chi connectivity index (χ3n) is 2.82. The van der Waals surface area contributed by atoms with E-state index < -0.39 is 0 Å². The maximum absolute atomic E-state index is 7.58. The van der Waals surface area contributed by atoms with Crippen molar-refractivity contribution in [1.29, 1.82) is 5.41 Å². The summed E-state index contributed by atoms with van der Waals surface area (Å²) in [6.07, 6.45) is 0. The highest BCUT2D eigenvalue weighted by molar-refractivity contribution is 9.10. The molecule has 0 unspecified atom stereocenters. The van der Waals surface area contributed by atoms with Crippen molar-refractivity contribution >= 4 is 21.8 Å². The third kappa shape index (κ3) is 3.30. The lowest BCUT2D eigenvalue weighted by molar-refractivity contribution is 0.302. The SMILES string of the molecule is COc1ccc(C(=N)N)c(OCc2ccccc2Br)c1. The van der Waals surface area contributed by atoms with Gasteiger partial charge in [0.1, 0.15) is 23.9 Å². The van der Waals surface area contributed by atoms with E-state index in [9.17, 15) is 0 Å². The zero-order valence-electron chi connectivity index (χ0n) is 11.0. The lowest BCUT2D eigenvalue weighted by Crippen LogP contribution is -2.13. The van der Waals surface area contributed by atoms with Crippen LogP contribution in [-0.2, 0) is 6.61 Å². The van der Waals surface area contributed by atoms with Crippen LogP contribution in [-0.4, -0.2) is 12.9 Å². The van der Waals surface area contributed by atoms with Crippen molar-refractivity contribution in [2.75, 3.05) is 7.11 Å². The lowest BCUT2D eigenvalue weighted by Gasteiger charge is -2.13. The van der Waals surface area contributed by atoms with Crippen molar-refractivity contribution in [3.8, 4) is 11.5 Å². The molecule has 0 aliphatic heterocycles. The van der Waals surface area contributed by atoms with Crippen LogP contribution < -0.4 is 15.2 Å². The Labute approximate surface area is 126 Å². The predicted octanol–water partition coefficient (Wildman–Crippen LogP) is 3.32. The second-order valence-corrected chi connectivity index (χ2v) is 5.01. The van der Waals surface area contributed by atoms with E-state index in [-0.39, 0.29) is 5.84 Å². The topological polar surface area (TPSA) is 68.3 Å². The van der Waals surface area contributed by atoms with Gasteiger partial charge in [0, 0.05) is 16.1 Å². The van der Waals surface area contributed by atoms with E-state index >= 15 is 0 Å². The summed E-state index contributed by atoms with van der Waals surface area (Å²) in [5.41, 5.74) is 7.13. The van der Waals surface area contributed by atoms with Gasteiger partial charge in [0.15, 0.2) is 0 Å². The molecule has 3 N–H and O–H groups in total. The minimum Gasteiger partial charge on any atom is -0.497 e. The maximum Gasteiger partial charge on any atom is 0.134 e. The van der Waals surface area contributed by atoms with Gasteiger partial charge in [0.25, 0.3) is 0 Å². The number of rotatable bonds is 5. The number of hydrogen-bond donors (Lipinski definition) is 2. The molecule has 0 aromatic heterocycles. The van der Waals surface area contributed by atoms with Crippen LogP contribution in [0, 0.1) is 5.41 Å². The zero-order valence-corrected chi connectivity index (χ0v) is 12.6. The van der Waals surface area contributed by atoms with Crippen LogP contribution >= 0.6 is 15.9 Å². The average molecular weight is 335 g/mol. The molecule has 4 nitrogen and oxygen atoms in total. The van der Waals surface area contributed by atoms with Gasteiger partial charge in [0.2, 0.25) is 0 Å². The van der Waals surface area contributed by atoms with Gasteiger partial charge in [-0.25, -0.2) is 0 Å². The van der Waals surface area contributed by atoms with Gasteiger partial charge in [-0.15, -0.1) is 0 Å². The number of ether oxygens (including phenoxy) is 2. The zero-order chi connectivity index (χ0) is 14.5. The molecular weight excluding hydrogens is 320 g/mol. The number of amidine groups is 1. The number of nitrogens with two attached hydrogens (primary N) is 1. The molecule has 0 saturated carbocycles. The molecular formula is C15H15BrN2O2. The van der Waals surface area contributed by atoms with Crippen molar-refractivity contribution in [3.63, 3.8) is 0 Å². The Morgan fingerprint density at radius 3 is 2.65 bits per heavy atom. The Hall–Kier alpha value is -2.01. The number of nitrogen functional groups attached to an aromatic ring is 1. The Morgan fingerprint density at radius 2 is 2.00 bits per heavy atom. The summed E-state index contributed by atoms with van der Waals surface area (Å²) < 4.78 is 11.9. The highest BCUT2D eigenvalue weighted by Gasteiger charge is 2.09. The molecule has 0 heterocycles. The molecule has 0 aliphatic rings. The summed E-state index contributed by atoms with van der Waals surface area (Å²) in [6.45, 7) is 0.384. The van der Waals surface area contributed by atoms with Crippen LogP contribution in [0.5, 0.6) is 11.5 Å². The molecule has 0 aliphatic carbocycles. The normalized spacial score (nSPS) is 10.1. The van der Waals surface area contributed by atoms with Crippen molar-refractivity contribution in [1.82, 2.24) is 0 Å². The predicted molar refractivity (Wildman–Crippen MR) is 82.5 cm³/mol. The molecule has 0 radical (unpaired) electrons. The molecule has 20 heavy (non-hydrogen) atoms. The fourth-order valence-electron chi connectivity index (χ4n) is 1.74. The second-order valence-electron chi connectivity index (χ2n) is 4.16. The van der Waals surface area contributed by atoms with Gasteiger partial charge in [-0.1, -0.05) is 34.1 Å². The van der Waals surface area contributed by atoms with Gasteiger partial charge >= 0.3 is 0 Å². The number of benzene rings is 2. The summed E-state index contributed by atoms with van der Waals surface area (Å²) in [6, 6.07) is 13.0. The molecule has 2 rings (SSSR count). The fourth-order valence-corrected chi connectivity index (χ4v) is 2.14. The second kappa shape index (κ2) is 6.43. The van der Waals surface area contributed by atoms with E-state index in [0.717, 1.165) is 10.0 Å². The quantitative estimate of drug-likeness (QED) is 0.651. The molecule has 0 atom stereocenters. The van der Waals surface area contributed by atoms with Crippen LogP contribution in [0.2, 0.25) is 0 Å². The summed E-state index contributed by atoms with van der Waals surface area (Å²) in [4.78, 5) is 0. The van der Waals surface area contributed by atoms with Gasteiger partial charge in [-0.05, 0) is 18.2 Å². The van der Waals surface area contributed by atoms with Gasteiger partial charge < -0.3 is 15.2 Å². The van der Waals surface area contributed by atoms with Crippen LogP contribution in [0.25, 0.3) is 0 Å². The van der Waals surface area contributed by atoms with Crippen molar-refractivity contribution in [2.24, 2.45) is 5.73 Å². The van der Waals surface area contributed by atoms with E-state index in [0.29, 0.717) is 23.7 Å². The van der Waals surface area contributed by atoms with E-state index in [1.807, 2.05) is 24.3 Å². The molecule has 104 valence electrons. The first kappa shape index (κ1) is 14.4. The first-order valence-electron chi connectivity index (χ1n) is 6.00. The largest absolute Gasteiger partial charge is 0.497 e. The summed E-state index contributed by atoms with van der Waals surface area (Å²) in [7, 11) is 1.58. The monoisotopic (exact) mass is 334 g/mol. The molecule has 0 spiro atoms. The van der Waals surface area contributed by atoms with Crippen molar-refractivity contribution < 1.29 is 9.47 Å².